The molecule has 3 rings (SSSR count). The molecule has 0 aliphatic rings. The molecular weight excluding hydrogens is 340 g/mol. The number of aromatic nitrogens is 1. The zero-order valence-electron chi connectivity index (χ0n) is 13.5. The average molecular weight is 356 g/mol. The molecule has 0 spiro atoms. The zero-order chi connectivity index (χ0) is 17.6. The molecule has 2 aromatic heterocycles. The van der Waals surface area contributed by atoms with Gasteiger partial charge in [-0.15, -0.1) is 11.3 Å². The number of hydrogen-bond donors (Lipinski definition) is 1. The fraction of sp³-hybridized carbons (Fsp3) is 0.167. The molecule has 2 heterocycles. The Morgan fingerprint density at radius 2 is 2.04 bits per heavy atom. The molecule has 1 aromatic carbocycles. The van der Waals surface area contributed by atoms with E-state index in [2.05, 4.69) is 10.3 Å². The van der Waals surface area contributed by atoms with Crippen molar-refractivity contribution in [3.63, 3.8) is 0 Å². The molecular formula is C18H16N2O4S. The highest BCUT2D eigenvalue weighted by Gasteiger charge is 2.12. The van der Waals surface area contributed by atoms with Crippen molar-refractivity contribution in [3.05, 3.63) is 65.1 Å². The van der Waals surface area contributed by atoms with E-state index in [0.717, 1.165) is 10.6 Å². The minimum Gasteiger partial charge on any atom is -0.459 e. The molecule has 0 atom stereocenters. The van der Waals surface area contributed by atoms with Gasteiger partial charge < -0.3 is 14.5 Å². The molecule has 128 valence electrons. The fourth-order valence-electron chi connectivity index (χ4n) is 2.05. The van der Waals surface area contributed by atoms with E-state index in [1.807, 2.05) is 36.6 Å². The minimum absolute atomic E-state index is 0.0673. The summed E-state index contributed by atoms with van der Waals surface area (Å²) in [5.74, 6) is -0.850. The molecule has 7 heteroatoms. The van der Waals surface area contributed by atoms with Crippen molar-refractivity contribution in [1.29, 1.82) is 0 Å². The van der Waals surface area contributed by atoms with Crippen molar-refractivity contribution in [1.82, 2.24) is 10.3 Å². The summed E-state index contributed by atoms with van der Waals surface area (Å²) in [6.45, 7) is 1.87. The van der Waals surface area contributed by atoms with Crippen molar-refractivity contribution in [2.24, 2.45) is 0 Å². The van der Waals surface area contributed by atoms with E-state index in [0.29, 0.717) is 5.69 Å². The van der Waals surface area contributed by atoms with Gasteiger partial charge in [0, 0.05) is 10.9 Å². The van der Waals surface area contributed by atoms with Gasteiger partial charge in [-0.1, -0.05) is 29.8 Å². The monoisotopic (exact) mass is 356 g/mol. The molecule has 0 unspecified atom stereocenters. The zero-order valence-corrected chi connectivity index (χ0v) is 14.3. The molecule has 6 nitrogen and oxygen atoms in total. The fourth-order valence-corrected chi connectivity index (χ4v) is 2.87. The maximum absolute atomic E-state index is 11.7. The lowest BCUT2D eigenvalue weighted by molar-refractivity contribution is -0.143. The molecule has 0 radical (unpaired) electrons. The van der Waals surface area contributed by atoms with Gasteiger partial charge in [-0.05, 0) is 19.1 Å². The Kier molecular flexibility index (Phi) is 5.25. The van der Waals surface area contributed by atoms with Crippen molar-refractivity contribution in [2.75, 3.05) is 6.54 Å². The van der Waals surface area contributed by atoms with Crippen LogP contribution in [0.5, 0.6) is 0 Å². The van der Waals surface area contributed by atoms with Gasteiger partial charge in [0.15, 0.2) is 5.76 Å². The van der Waals surface area contributed by atoms with Crippen molar-refractivity contribution >= 4 is 23.2 Å². The summed E-state index contributed by atoms with van der Waals surface area (Å²) in [6, 6.07) is 11.2. The van der Waals surface area contributed by atoms with Crippen LogP contribution in [0.3, 0.4) is 0 Å². The first-order valence-electron chi connectivity index (χ1n) is 7.60. The van der Waals surface area contributed by atoms with Crippen LogP contribution in [0.25, 0.3) is 10.6 Å². The molecule has 0 saturated carbocycles. The van der Waals surface area contributed by atoms with E-state index < -0.39 is 11.9 Å². The van der Waals surface area contributed by atoms with Crippen molar-refractivity contribution in [3.8, 4) is 10.6 Å². The number of carbonyl (C=O) groups is 2. The lowest BCUT2D eigenvalue weighted by Gasteiger charge is -2.04. The van der Waals surface area contributed by atoms with Crippen molar-refractivity contribution in [2.45, 2.75) is 13.5 Å². The summed E-state index contributed by atoms with van der Waals surface area (Å²) in [5, 5.41) is 5.16. The minimum atomic E-state index is -0.537. The van der Waals surface area contributed by atoms with Crippen LogP contribution in [0.2, 0.25) is 0 Å². The molecule has 0 saturated heterocycles. The van der Waals surface area contributed by atoms with Gasteiger partial charge >= 0.3 is 5.97 Å². The van der Waals surface area contributed by atoms with Crippen LogP contribution in [0.15, 0.2) is 52.5 Å². The number of aryl methyl sites for hydroxylation is 1. The van der Waals surface area contributed by atoms with E-state index in [9.17, 15) is 9.59 Å². The predicted molar refractivity (Wildman–Crippen MR) is 93.1 cm³/mol. The Morgan fingerprint density at radius 1 is 1.24 bits per heavy atom. The highest BCUT2D eigenvalue weighted by molar-refractivity contribution is 7.13. The smallest absolute Gasteiger partial charge is 0.325 e. The Morgan fingerprint density at radius 3 is 2.76 bits per heavy atom. The SMILES string of the molecule is Cc1ccc(-c2nc(COC(=O)CNC(=O)c3ccco3)cs2)cc1. The van der Waals surface area contributed by atoms with Crippen molar-refractivity contribution < 1.29 is 18.7 Å². The van der Waals surface area contributed by atoms with Crippen LogP contribution < -0.4 is 5.32 Å². The van der Waals surface area contributed by atoms with E-state index in [1.54, 1.807) is 6.07 Å². The predicted octanol–water partition coefficient (Wildman–Crippen LogP) is 3.18. The van der Waals surface area contributed by atoms with Crippen LogP contribution >= 0.6 is 11.3 Å². The van der Waals surface area contributed by atoms with E-state index in [-0.39, 0.29) is 18.9 Å². The second-order valence-corrected chi connectivity index (χ2v) is 6.19. The number of hydrogen-bond acceptors (Lipinski definition) is 6. The summed E-state index contributed by atoms with van der Waals surface area (Å²) < 4.78 is 10.1. The van der Waals surface area contributed by atoms with Gasteiger partial charge in [0.05, 0.1) is 12.0 Å². The number of nitrogens with zero attached hydrogens (tertiary/aromatic N) is 1. The Labute approximate surface area is 148 Å². The molecule has 0 aliphatic heterocycles. The summed E-state index contributed by atoms with van der Waals surface area (Å²) in [6.07, 6.45) is 1.39. The maximum Gasteiger partial charge on any atom is 0.325 e. The number of amides is 1. The molecule has 1 amide bonds. The van der Waals surface area contributed by atoms with E-state index in [1.165, 1.54) is 29.2 Å². The number of ether oxygens (including phenoxy) is 1. The summed E-state index contributed by atoms with van der Waals surface area (Å²) >= 11 is 1.49. The van der Waals surface area contributed by atoms with Gasteiger partial charge in [-0.2, -0.15) is 0 Å². The number of carbonyl (C=O) groups excluding carboxylic acids is 2. The van der Waals surface area contributed by atoms with Crippen LogP contribution in [0.1, 0.15) is 21.8 Å². The number of thiazole rings is 1. The van der Waals surface area contributed by atoms with Crippen LogP contribution in [0.4, 0.5) is 0 Å². The number of nitrogens with one attached hydrogen (secondary N) is 1. The number of esters is 1. The highest BCUT2D eigenvalue weighted by atomic mass is 32.1. The molecule has 0 bridgehead atoms. The Hall–Kier alpha value is -2.93. The topological polar surface area (TPSA) is 81.4 Å². The summed E-state index contributed by atoms with van der Waals surface area (Å²) in [7, 11) is 0. The lowest BCUT2D eigenvalue weighted by Crippen LogP contribution is -2.30. The number of rotatable bonds is 6. The standard InChI is InChI=1S/C18H16N2O4S/c1-12-4-6-13(7-5-12)18-20-14(11-25-18)10-24-16(21)9-19-17(22)15-3-2-8-23-15/h2-8,11H,9-10H2,1H3,(H,19,22). The molecule has 0 fully saturated rings. The lowest BCUT2D eigenvalue weighted by atomic mass is 10.2. The summed E-state index contributed by atoms with van der Waals surface area (Å²) in [4.78, 5) is 27.8. The third-order valence-electron chi connectivity index (χ3n) is 3.37. The molecule has 0 aliphatic carbocycles. The van der Waals surface area contributed by atoms with Gasteiger partial charge in [0.1, 0.15) is 18.2 Å². The second-order valence-electron chi connectivity index (χ2n) is 5.33. The molecule has 1 N–H and O–H groups in total. The number of furan rings is 1. The van der Waals surface area contributed by atoms with Gasteiger partial charge in [-0.25, -0.2) is 4.98 Å². The first kappa shape index (κ1) is 16.9. The highest BCUT2D eigenvalue weighted by Crippen LogP contribution is 2.24. The first-order valence-corrected chi connectivity index (χ1v) is 8.48. The largest absolute Gasteiger partial charge is 0.459 e. The third kappa shape index (κ3) is 4.54. The quantitative estimate of drug-likeness (QED) is 0.686. The third-order valence-corrected chi connectivity index (χ3v) is 4.31. The molecule has 3 aromatic rings. The van der Waals surface area contributed by atoms with Gasteiger partial charge in [-0.3, -0.25) is 9.59 Å². The Bertz CT molecular complexity index is 854. The van der Waals surface area contributed by atoms with E-state index in [4.69, 9.17) is 9.15 Å². The van der Waals surface area contributed by atoms with Crippen LogP contribution in [-0.2, 0) is 16.1 Å². The van der Waals surface area contributed by atoms with E-state index >= 15 is 0 Å². The normalized spacial score (nSPS) is 10.4. The van der Waals surface area contributed by atoms with Gasteiger partial charge in [0.2, 0.25) is 0 Å². The Balaban J connectivity index is 1.48. The van der Waals surface area contributed by atoms with Crippen LogP contribution in [-0.4, -0.2) is 23.4 Å². The van der Waals surface area contributed by atoms with Crippen LogP contribution in [0, 0.1) is 6.92 Å². The van der Waals surface area contributed by atoms with Gasteiger partial charge in [0.25, 0.3) is 5.91 Å². The maximum atomic E-state index is 11.7. The summed E-state index contributed by atoms with van der Waals surface area (Å²) in [5.41, 5.74) is 2.89. The first-order chi connectivity index (χ1) is 12.1. The average Bonchev–Trinajstić information content (AvgIpc) is 3.30. The number of benzene rings is 1. The second kappa shape index (κ2) is 7.76. The molecule has 25 heavy (non-hydrogen) atoms.